The maximum Gasteiger partial charge on any atom is 0.528 e. The van der Waals surface area contributed by atoms with Crippen LogP contribution in [0.15, 0.2) is 30.3 Å². The fourth-order valence-corrected chi connectivity index (χ4v) is 1.11. The van der Waals surface area contributed by atoms with Gasteiger partial charge in [-0.05, 0) is 12.1 Å². The minimum atomic E-state index is -2.16. The largest absolute Gasteiger partial charge is 0.528 e. The molecule has 0 saturated carbocycles. The molecule has 0 aliphatic rings. The first-order valence-corrected chi connectivity index (χ1v) is 4.46. The number of benzene rings is 1. The zero-order valence-electron chi connectivity index (χ0n) is 8.28. The van der Waals surface area contributed by atoms with E-state index in [-0.39, 0.29) is 0 Å². The van der Waals surface area contributed by atoms with Crippen molar-refractivity contribution in [2.75, 3.05) is 11.4 Å². The van der Waals surface area contributed by atoms with E-state index in [4.69, 9.17) is 15.2 Å². The second kappa shape index (κ2) is 5.29. The molecule has 6 nitrogen and oxygen atoms in total. The summed E-state index contributed by atoms with van der Waals surface area (Å²) < 4.78 is 0. The van der Waals surface area contributed by atoms with E-state index in [2.05, 4.69) is 0 Å². The number of nitrogens with zero attached hydrogens (tertiary/aromatic N) is 1. The Kier molecular flexibility index (Phi) is 4.04. The number of carbonyl (C=O) groups is 2. The van der Waals surface area contributed by atoms with Crippen molar-refractivity contribution in [3.8, 4) is 0 Å². The van der Waals surface area contributed by atoms with Gasteiger partial charge in [-0.3, -0.25) is 4.90 Å². The zero-order chi connectivity index (χ0) is 12.1. The van der Waals surface area contributed by atoms with Crippen molar-refractivity contribution < 1.29 is 24.7 Å². The Labute approximate surface area is 91.9 Å². The number of rotatable bonds is 4. The SMILES string of the molecule is O=C(CN(C(=O)O)c1ccccc1)B(O)O. The molecule has 1 amide bonds. The molecule has 7 heteroatoms. The van der Waals surface area contributed by atoms with E-state index in [1.807, 2.05) is 0 Å². The molecule has 0 heterocycles. The van der Waals surface area contributed by atoms with Gasteiger partial charge in [-0.25, -0.2) is 4.79 Å². The molecular formula is C9H10BNO5. The predicted octanol–water partition coefficient (Wildman–Crippen LogP) is -0.248. The lowest BCUT2D eigenvalue weighted by molar-refractivity contribution is -0.113. The summed E-state index contributed by atoms with van der Waals surface area (Å²) in [7, 11) is -2.16. The maximum absolute atomic E-state index is 11.0. The van der Waals surface area contributed by atoms with Crippen LogP contribution in [0.1, 0.15) is 0 Å². The van der Waals surface area contributed by atoms with Crippen LogP contribution in [0.5, 0.6) is 0 Å². The summed E-state index contributed by atoms with van der Waals surface area (Å²) in [5, 5.41) is 26.0. The van der Waals surface area contributed by atoms with Crippen LogP contribution in [0.4, 0.5) is 10.5 Å². The van der Waals surface area contributed by atoms with Crippen LogP contribution >= 0.6 is 0 Å². The first-order valence-electron chi connectivity index (χ1n) is 4.46. The summed E-state index contributed by atoms with van der Waals surface area (Å²) in [6, 6.07) is 7.94. The number of para-hydroxylation sites is 1. The van der Waals surface area contributed by atoms with Crippen LogP contribution in [-0.4, -0.2) is 40.6 Å². The number of hydrogen-bond donors (Lipinski definition) is 3. The molecule has 0 unspecified atom stereocenters. The van der Waals surface area contributed by atoms with Gasteiger partial charge < -0.3 is 19.9 Å². The molecule has 0 aliphatic heterocycles. The van der Waals surface area contributed by atoms with E-state index in [9.17, 15) is 9.59 Å². The van der Waals surface area contributed by atoms with Crippen LogP contribution in [0.25, 0.3) is 0 Å². The number of carbonyl (C=O) groups excluding carboxylic acids is 1. The lowest BCUT2D eigenvalue weighted by atomic mass is 9.84. The van der Waals surface area contributed by atoms with Gasteiger partial charge in [0, 0.05) is 5.69 Å². The Morgan fingerprint density at radius 1 is 1.19 bits per heavy atom. The van der Waals surface area contributed by atoms with Gasteiger partial charge in [0.2, 0.25) is 0 Å². The Morgan fingerprint density at radius 2 is 1.75 bits per heavy atom. The normalized spacial score (nSPS) is 9.62. The van der Waals surface area contributed by atoms with Crippen LogP contribution in [0.2, 0.25) is 0 Å². The molecule has 0 bridgehead atoms. The molecule has 0 saturated heterocycles. The third-order valence-electron chi connectivity index (χ3n) is 1.90. The molecule has 16 heavy (non-hydrogen) atoms. The average molecular weight is 223 g/mol. The van der Waals surface area contributed by atoms with Gasteiger partial charge in [-0.2, -0.15) is 0 Å². The molecule has 0 fully saturated rings. The molecule has 0 spiro atoms. The van der Waals surface area contributed by atoms with Gasteiger partial charge in [0.1, 0.15) is 0 Å². The molecular weight excluding hydrogens is 213 g/mol. The monoisotopic (exact) mass is 223 g/mol. The predicted molar refractivity (Wildman–Crippen MR) is 57.0 cm³/mol. The molecule has 0 aromatic heterocycles. The van der Waals surface area contributed by atoms with Crippen molar-refractivity contribution in [3.05, 3.63) is 30.3 Å². The van der Waals surface area contributed by atoms with Crippen LogP contribution in [0.3, 0.4) is 0 Å². The summed E-state index contributed by atoms with van der Waals surface area (Å²) >= 11 is 0. The summed E-state index contributed by atoms with van der Waals surface area (Å²) in [6.07, 6.45) is -1.33. The van der Waals surface area contributed by atoms with Gasteiger partial charge in [0.25, 0.3) is 0 Å². The smallest absolute Gasteiger partial charge is 0.465 e. The molecule has 1 aromatic rings. The Hall–Kier alpha value is -1.86. The van der Waals surface area contributed by atoms with E-state index in [1.54, 1.807) is 18.2 Å². The van der Waals surface area contributed by atoms with E-state index in [1.165, 1.54) is 12.1 Å². The topological polar surface area (TPSA) is 98.1 Å². The Morgan fingerprint density at radius 3 is 2.19 bits per heavy atom. The van der Waals surface area contributed by atoms with Crippen LogP contribution in [0, 0.1) is 0 Å². The Balaban J connectivity index is 2.85. The van der Waals surface area contributed by atoms with Crippen molar-refractivity contribution in [3.63, 3.8) is 0 Å². The average Bonchev–Trinajstić information content (AvgIpc) is 2.26. The first kappa shape index (κ1) is 12.2. The second-order valence-corrected chi connectivity index (χ2v) is 3.04. The van der Waals surface area contributed by atoms with E-state index in [0.29, 0.717) is 5.69 Å². The number of anilines is 1. The third-order valence-corrected chi connectivity index (χ3v) is 1.90. The van der Waals surface area contributed by atoms with Crippen molar-refractivity contribution in [2.24, 2.45) is 0 Å². The van der Waals surface area contributed by atoms with Crippen LogP contribution in [-0.2, 0) is 4.79 Å². The fourth-order valence-electron chi connectivity index (χ4n) is 1.11. The van der Waals surface area contributed by atoms with Crippen molar-refractivity contribution >= 4 is 24.6 Å². The molecule has 0 radical (unpaired) electrons. The van der Waals surface area contributed by atoms with E-state index < -0.39 is 25.4 Å². The lowest BCUT2D eigenvalue weighted by Gasteiger charge is -2.17. The number of amides is 1. The number of hydrogen-bond acceptors (Lipinski definition) is 4. The molecule has 3 N–H and O–H groups in total. The summed E-state index contributed by atoms with van der Waals surface area (Å²) in [5.74, 6) is 0. The Bertz CT molecular complexity index is 381. The van der Waals surface area contributed by atoms with E-state index >= 15 is 0 Å². The minimum absolute atomic E-state index is 0.295. The van der Waals surface area contributed by atoms with Crippen molar-refractivity contribution in [1.82, 2.24) is 0 Å². The van der Waals surface area contributed by atoms with Crippen molar-refractivity contribution in [1.29, 1.82) is 0 Å². The highest BCUT2D eigenvalue weighted by Crippen LogP contribution is 2.13. The minimum Gasteiger partial charge on any atom is -0.465 e. The van der Waals surface area contributed by atoms with Gasteiger partial charge in [0.15, 0.2) is 5.68 Å². The zero-order valence-corrected chi connectivity index (χ0v) is 8.28. The molecule has 1 rings (SSSR count). The third kappa shape index (κ3) is 3.08. The maximum atomic E-state index is 11.0. The first-order chi connectivity index (χ1) is 7.52. The van der Waals surface area contributed by atoms with Crippen molar-refractivity contribution in [2.45, 2.75) is 0 Å². The summed E-state index contributed by atoms with van der Waals surface area (Å²) in [4.78, 5) is 22.6. The number of carboxylic acid groups (broad SMARTS) is 1. The molecule has 1 aromatic carbocycles. The highest BCUT2D eigenvalue weighted by molar-refractivity contribution is 6.79. The second-order valence-electron chi connectivity index (χ2n) is 3.04. The van der Waals surface area contributed by atoms with Gasteiger partial charge in [0.05, 0.1) is 6.54 Å². The van der Waals surface area contributed by atoms with Gasteiger partial charge in [-0.1, -0.05) is 18.2 Å². The van der Waals surface area contributed by atoms with Gasteiger partial charge in [-0.15, -0.1) is 0 Å². The lowest BCUT2D eigenvalue weighted by Crippen LogP contribution is -2.40. The molecule has 0 atom stereocenters. The van der Waals surface area contributed by atoms with Crippen LogP contribution < -0.4 is 4.90 Å². The fraction of sp³-hybridized carbons (Fsp3) is 0.111. The highest BCUT2D eigenvalue weighted by atomic mass is 16.4. The van der Waals surface area contributed by atoms with Gasteiger partial charge >= 0.3 is 13.2 Å². The standard InChI is InChI=1S/C9H10BNO5/c12-8(10(15)16)6-11(9(13)14)7-4-2-1-3-5-7/h1-5,15-16H,6H2,(H,13,14). The molecule has 84 valence electrons. The molecule has 0 aliphatic carbocycles. The quantitative estimate of drug-likeness (QED) is 0.611. The van der Waals surface area contributed by atoms with E-state index in [0.717, 1.165) is 4.90 Å². The highest BCUT2D eigenvalue weighted by Gasteiger charge is 2.25. The summed E-state index contributed by atoms with van der Waals surface area (Å²) in [6.45, 7) is -0.600. The summed E-state index contributed by atoms with van der Waals surface area (Å²) in [5.41, 5.74) is -0.685.